The number of ether oxygens (including phenoxy) is 2. The van der Waals surface area contributed by atoms with Crippen molar-refractivity contribution in [3.8, 4) is 5.75 Å². The summed E-state index contributed by atoms with van der Waals surface area (Å²) in [7, 11) is 0. The monoisotopic (exact) mass is 519 g/mol. The van der Waals surface area contributed by atoms with Crippen LogP contribution in [0.15, 0.2) is 46.9 Å². The van der Waals surface area contributed by atoms with E-state index in [9.17, 15) is 9.59 Å². The molecule has 3 rings (SSSR count). The van der Waals surface area contributed by atoms with Gasteiger partial charge in [-0.15, -0.1) is 0 Å². The summed E-state index contributed by atoms with van der Waals surface area (Å²) in [5.41, 5.74) is 1.64. The number of hydrogen-bond donors (Lipinski definition) is 2. The Labute approximate surface area is 201 Å². The molecule has 2 aromatic rings. The fourth-order valence-corrected chi connectivity index (χ4v) is 3.61. The van der Waals surface area contributed by atoms with E-state index in [-0.39, 0.29) is 16.9 Å². The molecule has 0 bridgehead atoms. The molecule has 0 aliphatic carbocycles. The highest BCUT2D eigenvalue weighted by atomic mass is 79.9. The molecule has 1 saturated heterocycles. The van der Waals surface area contributed by atoms with Crippen LogP contribution in [0.3, 0.4) is 0 Å². The van der Waals surface area contributed by atoms with E-state index in [1.54, 1.807) is 41.3 Å². The molecular weight excluding hydrogens is 494 g/mol. The molecule has 0 radical (unpaired) electrons. The summed E-state index contributed by atoms with van der Waals surface area (Å²) in [6.07, 6.45) is 0. The molecule has 1 fully saturated rings. The maximum Gasteiger partial charge on any atom is 0.261 e. The zero-order valence-electron chi connectivity index (χ0n) is 18.0. The van der Waals surface area contributed by atoms with E-state index < -0.39 is 0 Å². The number of anilines is 1. The molecule has 0 aromatic heterocycles. The van der Waals surface area contributed by atoms with Crippen molar-refractivity contribution in [1.29, 1.82) is 0 Å². The zero-order valence-corrected chi connectivity index (χ0v) is 20.4. The largest absolute Gasteiger partial charge is 0.492 e. The molecule has 1 aliphatic heterocycles. The van der Waals surface area contributed by atoms with Crippen LogP contribution in [0, 0.1) is 5.92 Å². The van der Waals surface area contributed by atoms with E-state index in [4.69, 9.17) is 21.7 Å². The number of nitrogens with zero attached hydrogens (tertiary/aromatic N) is 1. The lowest BCUT2D eigenvalue weighted by Gasteiger charge is -2.26. The van der Waals surface area contributed by atoms with Gasteiger partial charge in [-0.3, -0.25) is 14.9 Å². The molecule has 170 valence electrons. The Morgan fingerprint density at radius 3 is 2.50 bits per heavy atom. The van der Waals surface area contributed by atoms with Gasteiger partial charge in [0.15, 0.2) is 5.11 Å². The Morgan fingerprint density at radius 2 is 1.84 bits per heavy atom. The Balaban J connectivity index is 1.60. The fourth-order valence-electron chi connectivity index (χ4n) is 3.04. The first-order valence-electron chi connectivity index (χ1n) is 10.3. The van der Waals surface area contributed by atoms with Gasteiger partial charge in [0, 0.05) is 28.8 Å². The molecular formula is C23H26BrN3O4S. The molecule has 9 heteroatoms. The third kappa shape index (κ3) is 6.75. The van der Waals surface area contributed by atoms with Gasteiger partial charge in [0.05, 0.1) is 25.4 Å². The highest BCUT2D eigenvalue weighted by Gasteiger charge is 2.19. The van der Waals surface area contributed by atoms with Crippen LogP contribution in [0.2, 0.25) is 0 Å². The molecule has 7 nitrogen and oxygen atoms in total. The molecule has 32 heavy (non-hydrogen) atoms. The Hall–Kier alpha value is -2.49. The van der Waals surface area contributed by atoms with Crippen LogP contribution in [0.25, 0.3) is 0 Å². The van der Waals surface area contributed by atoms with Gasteiger partial charge in [-0.05, 0) is 60.6 Å². The van der Waals surface area contributed by atoms with Gasteiger partial charge in [0.25, 0.3) is 11.8 Å². The van der Waals surface area contributed by atoms with Crippen LogP contribution < -0.4 is 15.4 Å². The number of thiocarbonyl (C=S) groups is 1. The number of amides is 2. The Kier molecular flexibility index (Phi) is 8.60. The summed E-state index contributed by atoms with van der Waals surface area (Å²) in [6.45, 7) is 6.87. The summed E-state index contributed by atoms with van der Waals surface area (Å²) in [6, 6.07) is 12.2. The third-order valence-electron chi connectivity index (χ3n) is 4.67. The van der Waals surface area contributed by atoms with E-state index in [1.807, 2.05) is 19.9 Å². The maximum atomic E-state index is 12.8. The second-order valence-electron chi connectivity index (χ2n) is 7.74. The normalized spacial score (nSPS) is 13.6. The second-order valence-corrected chi connectivity index (χ2v) is 9.06. The minimum Gasteiger partial charge on any atom is -0.492 e. The summed E-state index contributed by atoms with van der Waals surface area (Å²) in [4.78, 5) is 27.1. The Bertz CT molecular complexity index is 976. The molecule has 1 heterocycles. The van der Waals surface area contributed by atoms with Gasteiger partial charge in [0.2, 0.25) is 0 Å². The predicted octanol–water partition coefficient (Wildman–Crippen LogP) is 4.08. The van der Waals surface area contributed by atoms with Crippen molar-refractivity contribution in [2.24, 2.45) is 5.92 Å². The van der Waals surface area contributed by atoms with Gasteiger partial charge >= 0.3 is 0 Å². The number of carbonyl (C=O) groups is 2. The van der Waals surface area contributed by atoms with Crippen molar-refractivity contribution in [3.63, 3.8) is 0 Å². The van der Waals surface area contributed by atoms with Crippen LogP contribution in [0.5, 0.6) is 5.75 Å². The highest BCUT2D eigenvalue weighted by molar-refractivity contribution is 9.10. The SMILES string of the molecule is CC(C)COc1ccc(Br)cc1C(=O)NC(=S)Nc1ccc(C(=O)N2CCOCC2)cc1. The van der Waals surface area contributed by atoms with Crippen LogP contribution in [-0.2, 0) is 4.74 Å². The number of hydrogen-bond acceptors (Lipinski definition) is 5. The summed E-state index contributed by atoms with van der Waals surface area (Å²) >= 11 is 8.69. The molecule has 2 aromatic carbocycles. The lowest BCUT2D eigenvalue weighted by Crippen LogP contribution is -2.40. The van der Waals surface area contributed by atoms with E-state index in [0.29, 0.717) is 61.4 Å². The van der Waals surface area contributed by atoms with Crippen molar-refractivity contribution in [2.45, 2.75) is 13.8 Å². The van der Waals surface area contributed by atoms with Crippen LogP contribution in [0.4, 0.5) is 5.69 Å². The predicted molar refractivity (Wildman–Crippen MR) is 131 cm³/mol. The molecule has 1 aliphatic rings. The summed E-state index contributed by atoms with van der Waals surface area (Å²) < 4.78 is 11.8. The zero-order chi connectivity index (χ0) is 23.1. The third-order valence-corrected chi connectivity index (χ3v) is 5.37. The highest BCUT2D eigenvalue weighted by Crippen LogP contribution is 2.24. The smallest absolute Gasteiger partial charge is 0.261 e. The standard InChI is InChI=1S/C23H26BrN3O4S/c1-15(2)14-31-20-8-5-17(24)13-19(20)21(28)26-23(32)25-18-6-3-16(4-7-18)22(29)27-9-11-30-12-10-27/h3-8,13,15H,9-12,14H2,1-2H3,(H2,25,26,28,32). The number of benzene rings is 2. The lowest BCUT2D eigenvalue weighted by molar-refractivity contribution is 0.0303. The Morgan fingerprint density at radius 1 is 1.16 bits per heavy atom. The maximum absolute atomic E-state index is 12.8. The fraction of sp³-hybridized carbons (Fsp3) is 0.348. The van der Waals surface area contributed by atoms with E-state index in [0.717, 1.165) is 4.47 Å². The van der Waals surface area contributed by atoms with Crippen molar-refractivity contribution < 1.29 is 19.1 Å². The van der Waals surface area contributed by atoms with Gasteiger partial charge in [-0.25, -0.2) is 0 Å². The average molecular weight is 520 g/mol. The van der Waals surface area contributed by atoms with Crippen molar-refractivity contribution in [2.75, 3.05) is 38.2 Å². The first-order valence-corrected chi connectivity index (χ1v) is 11.6. The average Bonchev–Trinajstić information content (AvgIpc) is 2.78. The van der Waals surface area contributed by atoms with Crippen molar-refractivity contribution >= 4 is 50.8 Å². The second kappa shape index (κ2) is 11.4. The number of carbonyl (C=O) groups excluding carboxylic acids is 2. The topological polar surface area (TPSA) is 79.9 Å². The molecule has 2 N–H and O–H groups in total. The van der Waals surface area contributed by atoms with Crippen LogP contribution in [-0.4, -0.2) is 54.7 Å². The molecule has 2 amide bonds. The lowest BCUT2D eigenvalue weighted by atomic mass is 10.1. The van der Waals surface area contributed by atoms with Gasteiger partial charge < -0.3 is 19.7 Å². The summed E-state index contributed by atoms with van der Waals surface area (Å²) in [5, 5.41) is 5.81. The van der Waals surface area contributed by atoms with E-state index in [2.05, 4.69) is 26.6 Å². The molecule has 0 saturated carbocycles. The van der Waals surface area contributed by atoms with Gasteiger partial charge in [-0.1, -0.05) is 29.8 Å². The van der Waals surface area contributed by atoms with Gasteiger partial charge in [-0.2, -0.15) is 0 Å². The number of rotatable bonds is 6. The molecule has 0 unspecified atom stereocenters. The minimum absolute atomic E-state index is 0.0284. The number of halogens is 1. The molecule has 0 atom stereocenters. The molecule has 0 spiro atoms. The first-order chi connectivity index (χ1) is 15.3. The van der Waals surface area contributed by atoms with Crippen LogP contribution >= 0.6 is 28.1 Å². The van der Waals surface area contributed by atoms with Gasteiger partial charge in [0.1, 0.15) is 5.75 Å². The minimum atomic E-state index is -0.373. The quantitative estimate of drug-likeness (QED) is 0.559. The van der Waals surface area contributed by atoms with Crippen LogP contribution in [0.1, 0.15) is 34.6 Å². The number of nitrogens with one attached hydrogen (secondary N) is 2. The van der Waals surface area contributed by atoms with Crippen molar-refractivity contribution in [1.82, 2.24) is 10.2 Å². The van der Waals surface area contributed by atoms with E-state index in [1.165, 1.54) is 0 Å². The number of morpholine rings is 1. The summed E-state index contributed by atoms with van der Waals surface area (Å²) in [5.74, 6) is 0.421. The van der Waals surface area contributed by atoms with E-state index >= 15 is 0 Å². The van der Waals surface area contributed by atoms with Crippen molar-refractivity contribution in [3.05, 3.63) is 58.1 Å². The first kappa shape index (κ1) is 24.2.